The smallest absolute Gasteiger partial charge is 0.408 e. The van der Waals surface area contributed by atoms with E-state index in [9.17, 15) is 9.90 Å². The zero-order chi connectivity index (χ0) is 25.2. The molecule has 1 saturated carbocycles. The summed E-state index contributed by atoms with van der Waals surface area (Å²) in [5.41, 5.74) is 1.97. The molecule has 4 aromatic rings. The van der Waals surface area contributed by atoms with Crippen molar-refractivity contribution in [3.8, 4) is 0 Å². The molecule has 188 valence electrons. The zero-order valence-corrected chi connectivity index (χ0v) is 21.9. The Labute approximate surface area is 216 Å². The molecule has 1 aromatic carbocycles. The first kappa shape index (κ1) is 23.0. The Kier molecular flexibility index (Phi) is 5.15. The van der Waals surface area contributed by atoms with Crippen molar-refractivity contribution in [2.45, 2.75) is 51.7 Å². The molecule has 0 bridgehead atoms. The first-order valence-corrected chi connectivity index (χ1v) is 12.8. The van der Waals surface area contributed by atoms with Crippen molar-refractivity contribution >= 4 is 50.6 Å². The van der Waals surface area contributed by atoms with Gasteiger partial charge in [-0.15, -0.1) is 0 Å². The van der Waals surface area contributed by atoms with E-state index in [2.05, 4.69) is 41.2 Å². The van der Waals surface area contributed by atoms with E-state index in [1.54, 1.807) is 15.6 Å². The first-order chi connectivity index (χ1) is 17.1. The van der Waals surface area contributed by atoms with Gasteiger partial charge in [-0.1, -0.05) is 12.1 Å². The third kappa shape index (κ3) is 3.83. The van der Waals surface area contributed by atoms with Gasteiger partial charge in [0.05, 0.1) is 34.3 Å². The molecule has 1 aliphatic heterocycles. The van der Waals surface area contributed by atoms with Crippen LogP contribution >= 0.6 is 15.9 Å². The van der Waals surface area contributed by atoms with E-state index < -0.39 is 11.6 Å². The fourth-order valence-electron chi connectivity index (χ4n) is 5.35. The van der Waals surface area contributed by atoms with Crippen LogP contribution in [-0.2, 0) is 6.54 Å². The summed E-state index contributed by atoms with van der Waals surface area (Å²) in [6, 6.07) is 7.78. The quantitative estimate of drug-likeness (QED) is 0.336. The van der Waals surface area contributed by atoms with Crippen LogP contribution in [0, 0.1) is 5.41 Å². The summed E-state index contributed by atoms with van der Waals surface area (Å²) in [5, 5.41) is 17.8. The van der Waals surface area contributed by atoms with E-state index >= 15 is 0 Å². The molecule has 2 fully saturated rings. The highest BCUT2D eigenvalue weighted by Gasteiger charge is 2.60. The van der Waals surface area contributed by atoms with Gasteiger partial charge in [-0.3, -0.25) is 4.90 Å². The number of carboxylic acid groups (broad SMARTS) is 1. The van der Waals surface area contributed by atoms with Crippen LogP contribution < -0.4 is 10.2 Å². The number of aromatic nitrogens is 6. The van der Waals surface area contributed by atoms with Gasteiger partial charge in [-0.25, -0.2) is 9.78 Å². The number of benzene rings is 1. The number of H-pyrrole nitrogens is 1. The number of anilines is 2. The van der Waals surface area contributed by atoms with E-state index in [-0.39, 0.29) is 11.5 Å². The van der Waals surface area contributed by atoms with E-state index in [1.807, 2.05) is 45.0 Å². The van der Waals surface area contributed by atoms with Crippen molar-refractivity contribution in [3.05, 3.63) is 40.8 Å². The van der Waals surface area contributed by atoms with Crippen LogP contribution in [0.15, 0.2) is 34.9 Å². The number of carbonyl (C=O) groups is 1. The molecular weight excluding hydrogens is 526 g/mol. The fourth-order valence-corrected chi connectivity index (χ4v) is 5.70. The molecule has 3 N–H and O–H groups in total. The molecule has 1 aliphatic carbocycles. The van der Waals surface area contributed by atoms with Crippen molar-refractivity contribution < 1.29 is 9.90 Å². The molecule has 1 saturated heterocycles. The molecule has 0 radical (unpaired) electrons. The maximum atomic E-state index is 12.3. The van der Waals surface area contributed by atoms with Gasteiger partial charge in [-0.2, -0.15) is 19.6 Å². The van der Waals surface area contributed by atoms with Crippen LogP contribution in [0.25, 0.3) is 16.7 Å². The van der Waals surface area contributed by atoms with Crippen LogP contribution in [0.2, 0.25) is 0 Å². The number of hydrogen-bond acceptors (Lipinski definition) is 7. The molecular formula is C24H28BrN9O2. The van der Waals surface area contributed by atoms with Gasteiger partial charge < -0.3 is 20.3 Å². The lowest BCUT2D eigenvalue weighted by Gasteiger charge is -2.40. The van der Waals surface area contributed by atoms with Gasteiger partial charge in [0.1, 0.15) is 5.82 Å². The van der Waals surface area contributed by atoms with Crippen LogP contribution in [0.4, 0.5) is 16.7 Å². The Morgan fingerprint density at radius 3 is 2.75 bits per heavy atom. The molecule has 3 aromatic heterocycles. The number of amides is 1. The summed E-state index contributed by atoms with van der Waals surface area (Å²) in [6.07, 6.45) is 2.82. The van der Waals surface area contributed by atoms with Gasteiger partial charge in [0.25, 0.3) is 0 Å². The normalized spacial score (nSPS) is 18.9. The lowest BCUT2D eigenvalue weighted by molar-refractivity contribution is 0.0578. The second-order valence-electron chi connectivity index (χ2n) is 10.7. The van der Waals surface area contributed by atoms with Crippen LogP contribution in [0.1, 0.15) is 39.4 Å². The summed E-state index contributed by atoms with van der Waals surface area (Å²) in [6.45, 7) is 7.56. The van der Waals surface area contributed by atoms with Gasteiger partial charge in [0.15, 0.2) is 5.65 Å². The Hall–Kier alpha value is -3.41. The van der Waals surface area contributed by atoms with Crippen molar-refractivity contribution in [1.29, 1.82) is 0 Å². The van der Waals surface area contributed by atoms with Gasteiger partial charge in [0.2, 0.25) is 11.9 Å². The Balaban J connectivity index is 1.32. The number of nitrogens with zero attached hydrogens (tertiary/aromatic N) is 7. The van der Waals surface area contributed by atoms with Crippen molar-refractivity contribution in [1.82, 2.24) is 34.4 Å². The average Bonchev–Trinajstić information content (AvgIpc) is 3.13. The topological polar surface area (TPSA) is 128 Å². The minimum atomic E-state index is -0.885. The second kappa shape index (κ2) is 8.05. The Morgan fingerprint density at radius 1 is 1.28 bits per heavy atom. The maximum Gasteiger partial charge on any atom is 0.408 e. The molecule has 1 atom stereocenters. The largest absolute Gasteiger partial charge is 0.465 e. The van der Waals surface area contributed by atoms with Crippen LogP contribution in [0.3, 0.4) is 0 Å². The van der Waals surface area contributed by atoms with E-state index in [0.717, 1.165) is 40.7 Å². The summed E-state index contributed by atoms with van der Waals surface area (Å²) < 4.78 is 2.42. The third-order valence-corrected chi connectivity index (χ3v) is 7.75. The summed E-state index contributed by atoms with van der Waals surface area (Å²) in [4.78, 5) is 33.6. The Morgan fingerprint density at radius 2 is 2.06 bits per heavy atom. The Bertz CT molecular complexity index is 1440. The highest BCUT2D eigenvalue weighted by molar-refractivity contribution is 9.10. The second-order valence-corrected chi connectivity index (χ2v) is 11.6. The minimum Gasteiger partial charge on any atom is -0.465 e. The standard InChI is InChI=1S/C24H28BrN9O2/c1-23(2,3)33(22(35)36)17-12-32(13-24(17)8-9-24)21-30-19-14(25)10-27-34(19)20(31-21)26-11-18-28-15-6-4-5-7-16(15)29-18/h4-7,10,17H,8-9,11-13H2,1-3H3,(H,28,29)(H,35,36)(H,26,30,31)/t17-/m1/s1. The molecule has 0 unspecified atom stereocenters. The number of nitrogens with one attached hydrogen (secondary N) is 2. The van der Waals surface area contributed by atoms with Crippen molar-refractivity contribution in [3.63, 3.8) is 0 Å². The van der Waals surface area contributed by atoms with Gasteiger partial charge >= 0.3 is 6.09 Å². The highest BCUT2D eigenvalue weighted by atomic mass is 79.9. The number of fused-ring (bicyclic) bond motifs is 2. The molecule has 4 heterocycles. The molecule has 1 spiro atoms. The number of imidazole rings is 1. The molecule has 12 heteroatoms. The zero-order valence-electron chi connectivity index (χ0n) is 20.4. The van der Waals surface area contributed by atoms with E-state index in [1.165, 1.54) is 0 Å². The fraction of sp³-hybridized carbons (Fsp3) is 0.458. The van der Waals surface area contributed by atoms with Crippen LogP contribution in [0.5, 0.6) is 0 Å². The number of hydrogen-bond donors (Lipinski definition) is 3. The van der Waals surface area contributed by atoms with Crippen molar-refractivity contribution in [2.24, 2.45) is 5.41 Å². The lowest BCUT2D eigenvalue weighted by atomic mass is 9.94. The summed E-state index contributed by atoms with van der Waals surface area (Å²) >= 11 is 3.55. The molecule has 11 nitrogen and oxygen atoms in total. The molecule has 6 rings (SSSR count). The van der Waals surface area contributed by atoms with Crippen LogP contribution in [-0.4, -0.2) is 70.3 Å². The summed E-state index contributed by atoms with van der Waals surface area (Å²) in [5.74, 6) is 1.89. The van der Waals surface area contributed by atoms with Gasteiger partial charge in [0, 0.05) is 24.0 Å². The monoisotopic (exact) mass is 553 g/mol. The highest BCUT2D eigenvalue weighted by Crippen LogP contribution is 2.56. The van der Waals surface area contributed by atoms with E-state index in [0.29, 0.717) is 30.6 Å². The predicted octanol–water partition coefficient (Wildman–Crippen LogP) is 4.12. The summed E-state index contributed by atoms with van der Waals surface area (Å²) in [7, 11) is 0. The molecule has 1 amide bonds. The maximum absolute atomic E-state index is 12.3. The van der Waals surface area contributed by atoms with E-state index in [4.69, 9.17) is 9.97 Å². The molecule has 2 aliphatic rings. The minimum absolute atomic E-state index is 0.0551. The number of rotatable bonds is 5. The number of para-hydroxylation sites is 2. The first-order valence-electron chi connectivity index (χ1n) is 12.0. The lowest BCUT2D eigenvalue weighted by Crippen LogP contribution is -2.54. The SMILES string of the molecule is CC(C)(C)N(C(=O)O)[C@@H]1CN(c2nc(NCc3nc4ccccc4[nH]3)n3ncc(Br)c3n2)CC12CC2. The number of aromatic amines is 1. The number of halogens is 1. The van der Waals surface area contributed by atoms with Gasteiger partial charge in [-0.05, 0) is 61.7 Å². The average molecular weight is 554 g/mol. The third-order valence-electron chi connectivity index (χ3n) is 7.19. The van der Waals surface area contributed by atoms with Crippen molar-refractivity contribution in [2.75, 3.05) is 23.3 Å². The molecule has 36 heavy (non-hydrogen) atoms. The predicted molar refractivity (Wildman–Crippen MR) is 139 cm³/mol.